The van der Waals surface area contributed by atoms with Gasteiger partial charge in [0.1, 0.15) is 0 Å². The van der Waals surface area contributed by atoms with Crippen LogP contribution in [0.25, 0.3) is 0 Å². The molecule has 0 heterocycles. The molecule has 0 aromatic heterocycles. The highest BCUT2D eigenvalue weighted by molar-refractivity contribution is 7.90. The van der Waals surface area contributed by atoms with Crippen LogP contribution in [0.2, 0.25) is 0 Å². The second kappa shape index (κ2) is 3.23. The van der Waals surface area contributed by atoms with Crippen molar-refractivity contribution in [2.45, 2.75) is 6.92 Å². The van der Waals surface area contributed by atoms with Crippen LogP contribution in [0.3, 0.4) is 0 Å². The Balaban J connectivity index is 3.15. The van der Waals surface area contributed by atoms with E-state index >= 15 is 0 Å². The molecule has 5 nitrogen and oxygen atoms in total. The molecule has 13 heavy (non-hydrogen) atoms. The van der Waals surface area contributed by atoms with E-state index in [0.29, 0.717) is 11.4 Å². The van der Waals surface area contributed by atoms with Crippen molar-refractivity contribution in [1.82, 2.24) is 0 Å². The molecule has 72 valence electrons. The fourth-order valence-corrected chi connectivity index (χ4v) is 1.54. The summed E-state index contributed by atoms with van der Waals surface area (Å²) < 4.78 is 23.6. The minimum absolute atomic E-state index is 0.338. The fourth-order valence-electron chi connectivity index (χ4n) is 0.972. The minimum Gasteiger partial charge on any atom is -0.397 e. The van der Waals surface area contributed by atoms with Crippen LogP contribution >= 0.6 is 0 Å². The largest absolute Gasteiger partial charge is 0.397 e. The standard InChI is InChI=1S/C7H11N3O2S/c1-5-3-2-4-6(8)7(5)10-13(9,11)12/h2-4,10H,8H2,1H3,(H2,9,11,12). The Bertz CT molecular complexity index is 393. The molecule has 0 spiro atoms. The number of aryl methyl sites for hydroxylation is 1. The summed E-state index contributed by atoms with van der Waals surface area (Å²) in [5.41, 5.74) is 6.97. The molecule has 1 aromatic carbocycles. The van der Waals surface area contributed by atoms with E-state index in [4.69, 9.17) is 10.9 Å². The highest BCUT2D eigenvalue weighted by atomic mass is 32.2. The fraction of sp³-hybridized carbons (Fsp3) is 0.143. The zero-order chi connectivity index (χ0) is 10.1. The average Bonchev–Trinajstić information content (AvgIpc) is 1.95. The number of hydrogen-bond acceptors (Lipinski definition) is 3. The second-order valence-electron chi connectivity index (χ2n) is 2.69. The maximum Gasteiger partial charge on any atom is 0.296 e. The van der Waals surface area contributed by atoms with Gasteiger partial charge in [0.15, 0.2) is 0 Å². The Kier molecular flexibility index (Phi) is 2.44. The van der Waals surface area contributed by atoms with Crippen LogP contribution in [0, 0.1) is 6.92 Å². The van der Waals surface area contributed by atoms with Crippen LogP contribution in [0.4, 0.5) is 11.4 Å². The van der Waals surface area contributed by atoms with E-state index < -0.39 is 10.2 Å². The van der Waals surface area contributed by atoms with Crippen molar-refractivity contribution in [3.8, 4) is 0 Å². The van der Waals surface area contributed by atoms with Crippen molar-refractivity contribution in [3.63, 3.8) is 0 Å². The molecule has 0 bridgehead atoms. The predicted molar refractivity (Wildman–Crippen MR) is 52.3 cm³/mol. The first-order valence-corrected chi connectivity index (χ1v) is 5.10. The van der Waals surface area contributed by atoms with E-state index in [0.717, 1.165) is 5.56 Å². The molecule has 0 unspecified atom stereocenters. The van der Waals surface area contributed by atoms with Gasteiger partial charge in [0, 0.05) is 0 Å². The molecular weight excluding hydrogens is 190 g/mol. The van der Waals surface area contributed by atoms with Gasteiger partial charge in [-0.2, -0.15) is 8.42 Å². The van der Waals surface area contributed by atoms with Gasteiger partial charge in [-0.05, 0) is 18.6 Å². The summed E-state index contributed by atoms with van der Waals surface area (Å²) in [6, 6.07) is 5.07. The first-order chi connectivity index (χ1) is 5.90. The first-order valence-electron chi connectivity index (χ1n) is 3.56. The molecule has 0 fully saturated rings. The van der Waals surface area contributed by atoms with E-state index in [9.17, 15) is 8.42 Å². The Morgan fingerprint density at radius 3 is 2.46 bits per heavy atom. The molecular formula is C7H11N3O2S. The molecule has 0 saturated heterocycles. The lowest BCUT2D eigenvalue weighted by Gasteiger charge is -2.09. The normalized spacial score (nSPS) is 11.2. The summed E-state index contributed by atoms with van der Waals surface area (Å²) in [4.78, 5) is 0. The molecule has 1 rings (SSSR count). The van der Waals surface area contributed by atoms with E-state index in [2.05, 4.69) is 4.72 Å². The highest BCUT2D eigenvalue weighted by Gasteiger charge is 2.07. The zero-order valence-electron chi connectivity index (χ0n) is 7.11. The van der Waals surface area contributed by atoms with Crippen molar-refractivity contribution in [1.29, 1.82) is 0 Å². The van der Waals surface area contributed by atoms with Gasteiger partial charge in [-0.1, -0.05) is 12.1 Å². The third-order valence-corrected chi connectivity index (χ3v) is 2.04. The molecule has 0 aliphatic carbocycles. The number of para-hydroxylation sites is 1. The van der Waals surface area contributed by atoms with Crippen molar-refractivity contribution in [2.24, 2.45) is 5.14 Å². The van der Waals surface area contributed by atoms with Gasteiger partial charge in [-0.25, -0.2) is 5.14 Å². The number of rotatable bonds is 2. The summed E-state index contributed by atoms with van der Waals surface area (Å²) in [7, 11) is -3.75. The quantitative estimate of drug-likeness (QED) is 0.596. The van der Waals surface area contributed by atoms with Crippen molar-refractivity contribution >= 4 is 21.6 Å². The molecule has 6 heteroatoms. The number of anilines is 2. The molecule has 0 amide bonds. The second-order valence-corrected chi connectivity index (χ2v) is 3.98. The number of nitrogen functional groups attached to an aromatic ring is 1. The Morgan fingerprint density at radius 2 is 2.00 bits per heavy atom. The van der Waals surface area contributed by atoms with E-state index in [1.807, 2.05) is 0 Å². The zero-order valence-corrected chi connectivity index (χ0v) is 7.93. The number of hydrogen-bond donors (Lipinski definition) is 3. The monoisotopic (exact) mass is 201 g/mol. The summed E-state index contributed by atoms with van der Waals surface area (Å²) in [6.07, 6.45) is 0. The topological polar surface area (TPSA) is 98.2 Å². The predicted octanol–water partition coefficient (Wildman–Crippen LogP) is 0.193. The SMILES string of the molecule is Cc1cccc(N)c1NS(N)(=O)=O. The van der Waals surface area contributed by atoms with E-state index in [1.165, 1.54) is 0 Å². The van der Waals surface area contributed by atoms with Crippen LogP contribution in [0.5, 0.6) is 0 Å². The summed E-state index contributed by atoms with van der Waals surface area (Å²) in [5, 5.41) is 4.81. The Morgan fingerprint density at radius 1 is 1.38 bits per heavy atom. The van der Waals surface area contributed by atoms with Crippen molar-refractivity contribution < 1.29 is 8.42 Å². The lowest BCUT2D eigenvalue weighted by molar-refractivity contribution is 0.603. The molecule has 0 saturated carbocycles. The maximum atomic E-state index is 10.7. The van der Waals surface area contributed by atoms with Crippen molar-refractivity contribution in [3.05, 3.63) is 23.8 Å². The Hall–Kier alpha value is -1.27. The van der Waals surface area contributed by atoms with Crippen LogP contribution < -0.4 is 15.6 Å². The molecule has 0 atom stereocenters. The summed E-state index contributed by atoms with van der Waals surface area (Å²) in [5.74, 6) is 0. The van der Waals surface area contributed by atoms with Gasteiger partial charge >= 0.3 is 0 Å². The van der Waals surface area contributed by atoms with Crippen LogP contribution in [0.15, 0.2) is 18.2 Å². The molecule has 0 aliphatic rings. The third-order valence-electron chi connectivity index (χ3n) is 1.55. The van der Waals surface area contributed by atoms with Crippen molar-refractivity contribution in [2.75, 3.05) is 10.5 Å². The summed E-state index contributed by atoms with van der Waals surface area (Å²) in [6.45, 7) is 1.74. The number of benzene rings is 1. The average molecular weight is 201 g/mol. The van der Waals surface area contributed by atoms with Gasteiger partial charge in [-0.15, -0.1) is 0 Å². The minimum atomic E-state index is -3.75. The van der Waals surface area contributed by atoms with Crippen LogP contribution in [-0.4, -0.2) is 8.42 Å². The Labute approximate surface area is 76.9 Å². The first kappa shape index (κ1) is 9.82. The lowest BCUT2D eigenvalue weighted by atomic mass is 10.2. The van der Waals surface area contributed by atoms with Gasteiger partial charge in [0.25, 0.3) is 10.2 Å². The molecule has 0 aliphatic heterocycles. The lowest BCUT2D eigenvalue weighted by Crippen LogP contribution is -2.22. The van der Waals surface area contributed by atoms with E-state index in [-0.39, 0.29) is 0 Å². The van der Waals surface area contributed by atoms with Gasteiger partial charge < -0.3 is 5.73 Å². The number of nitrogens with two attached hydrogens (primary N) is 2. The molecule has 5 N–H and O–H groups in total. The van der Waals surface area contributed by atoms with Gasteiger partial charge in [-0.3, -0.25) is 4.72 Å². The van der Waals surface area contributed by atoms with Gasteiger partial charge in [0.05, 0.1) is 11.4 Å². The summed E-state index contributed by atoms with van der Waals surface area (Å²) >= 11 is 0. The maximum absolute atomic E-state index is 10.7. The van der Waals surface area contributed by atoms with Crippen LogP contribution in [-0.2, 0) is 10.2 Å². The number of nitrogens with one attached hydrogen (secondary N) is 1. The van der Waals surface area contributed by atoms with Crippen LogP contribution in [0.1, 0.15) is 5.56 Å². The third kappa shape index (κ3) is 2.60. The molecule has 0 radical (unpaired) electrons. The highest BCUT2D eigenvalue weighted by Crippen LogP contribution is 2.22. The smallest absolute Gasteiger partial charge is 0.296 e. The molecule has 1 aromatic rings. The van der Waals surface area contributed by atoms with E-state index in [1.54, 1.807) is 25.1 Å². The van der Waals surface area contributed by atoms with Gasteiger partial charge in [0.2, 0.25) is 0 Å².